The molecule has 130 valence electrons. The molecule has 0 N–H and O–H groups in total. The van der Waals surface area contributed by atoms with Crippen LogP contribution < -0.4 is 0 Å². The van der Waals surface area contributed by atoms with Crippen molar-refractivity contribution >= 4 is 5.91 Å². The molecule has 0 aromatic heterocycles. The van der Waals surface area contributed by atoms with Gasteiger partial charge in [0.2, 0.25) is 5.91 Å². The summed E-state index contributed by atoms with van der Waals surface area (Å²) in [6, 6.07) is 10.6. The predicted molar refractivity (Wildman–Crippen MR) is 90.0 cm³/mol. The van der Waals surface area contributed by atoms with E-state index in [4.69, 9.17) is 9.57 Å². The number of fused-ring (bicyclic) bond motifs is 1. The fraction of sp³-hybridized carbons (Fsp3) is 0.632. The lowest BCUT2D eigenvalue weighted by molar-refractivity contribution is -0.171. The largest absolute Gasteiger partial charge is 0.377 e. The molecule has 0 saturated carbocycles. The molecule has 4 rings (SSSR count). The Bertz CT molecular complexity index is 559. The Balaban J connectivity index is 1.30. The van der Waals surface area contributed by atoms with Crippen LogP contribution in [0.2, 0.25) is 0 Å². The topological polar surface area (TPSA) is 42.0 Å². The number of hydroxylamine groups is 2. The molecule has 5 nitrogen and oxygen atoms in total. The third-order valence-electron chi connectivity index (χ3n) is 5.53. The van der Waals surface area contributed by atoms with Crippen LogP contribution in [0.1, 0.15) is 24.8 Å². The summed E-state index contributed by atoms with van der Waals surface area (Å²) in [5, 5.41) is 1.53. The van der Waals surface area contributed by atoms with Gasteiger partial charge >= 0.3 is 0 Å². The van der Waals surface area contributed by atoms with Gasteiger partial charge < -0.3 is 4.74 Å². The number of amides is 1. The Hall–Kier alpha value is -1.43. The van der Waals surface area contributed by atoms with E-state index in [0.29, 0.717) is 24.9 Å². The third kappa shape index (κ3) is 3.48. The zero-order chi connectivity index (χ0) is 16.4. The molecular weight excluding hydrogens is 304 g/mol. The van der Waals surface area contributed by atoms with Crippen LogP contribution >= 0.6 is 0 Å². The minimum Gasteiger partial charge on any atom is -0.377 e. The highest BCUT2D eigenvalue weighted by Crippen LogP contribution is 2.36. The van der Waals surface area contributed by atoms with Gasteiger partial charge in [0.05, 0.1) is 32.3 Å². The molecule has 0 aliphatic carbocycles. The average molecular weight is 330 g/mol. The van der Waals surface area contributed by atoms with Gasteiger partial charge in [0.15, 0.2) is 0 Å². The third-order valence-corrected chi connectivity index (χ3v) is 5.53. The minimum atomic E-state index is 0.0746. The second-order valence-electron chi connectivity index (χ2n) is 7.19. The number of hydrogen-bond donors (Lipinski definition) is 0. The summed E-state index contributed by atoms with van der Waals surface area (Å²) < 4.78 is 6.00. The smallest absolute Gasteiger partial charge is 0.248 e. The number of likely N-dealkylation sites (tertiary alicyclic amines) is 1. The molecule has 3 aliphatic rings. The lowest BCUT2D eigenvalue weighted by atomic mass is 9.83. The Morgan fingerprint density at radius 3 is 2.88 bits per heavy atom. The molecule has 3 saturated heterocycles. The lowest BCUT2D eigenvalue weighted by Gasteiger charge is -2.35. The van der Waals surface area contributed by atoms with E-state index >= 15 is 0 Å². The molecule has 0 radical (unpaired) electrons. The molecule has 0 spiro atoms. The molecule has 1 amide bonds. The van der Waals surface area contributed by atoms with Crippen molar-refractivity contribution in [3.05, 3.63) is 35.9 Å². The van der Waals surface area contributed by atoms with Crippen molar-refractivity contribution in [3.8, 4) is 0 Å². The Labute approximate surface area is 143 Å². The molecule has 3 atom stereocenters. The zero-order valence-electron chi connectivity index (χ0n) is 14.1. The normalized spacial score (nSPS) is 30.5. The van der Waals surface area contributed by atoms with E-state index < -0.39 is 0 Å². The first-order valence-corrected chi connectivity index (χ1v) is 9.11. The van der Waals surface area contributed by atoms with Crippen molar-refractivity contribution in [2.24, 2.45) is 11.8 Å². The van der Waals surface area contributed by atoms with Crippen LogP contribution in [0.3, 0.4) is 0 Å². The molecule has 0 unspecified atom stereocenters. The monoisotopic (exact) mass is 330 g/mol. The number of nitrogens with zero attached hydrogens (tertiary/aromatic N) is 2. The van der Waals surface area contributed by atoms with Crippen molar-refractivity contribution < 1.29 is 14.4 Å². The number of piperidine rings is 1. The van der Waals surface area contributed by atoms with E-state index in [1.54, 1.807) is 0 Å². The highest BCUT2D eigenvalue weighted by atomic mass is 16.7. The zero-order valence-corrected chi connectivity index (χ0v) is 14.1. The van der Waals surface area contributed by atoms with Crippen LogP contribution in [0.25, 0.3) is 0 Å². The number of rotatable bonds is 4. The van der Waals surface area contributed by atoms with Gasteiger partial charge in [-0.25, -0.2) is 5.06 Å². The molecule has 5 heteroatoms. The maximum absolute atomic E-state index is 12.3. The molecule has 3 fully saturated rings. The minimum absolute atomic E-state index is 0.0746. The summed E-state index contributed by atoms with van der Waals surface area (Å²) in [4.78, 5) is 20.2. The van der Waals surface area contributed by atoms with Gasteiger partial charge in [-0.15, -0.1) is 0 Å². The van der Waals surface area contributed by atoms with E-state index in [1.807, 2.05) is 0 Å². The second kappa shape index (κ2) is 7.21. The van der Waals surface area contributed by atoms with Gasteiger partial charge in [0, 0.05) is 19.0 Å². The first-order chi connectivity index (χ1) is 11.8. The van der Waals surface area contributed by atoms with Gasteiger partial charge in [-0.05, 0) is 30.9 Å². The van der Waals surface area contributed by atoms with E-state index in [0.717, 1.165) is 45.6 Å². The first kappa shape index (κ1) is 16.1. The predicted octanol–water partition coefficient (Wildman–Crippen LogP) is 2.08. The summed E-state index contributed by atoms with van der Waals surface area (Å²) in [6.45, 7) is 5.35. The van der Waals surface area contributed by atoms with Crippen molar-refractivity contribution in [3.63, 3.8) is 0 Å². The highest BCUT2D eigenvalue weighted by molar-refractivity contribution is 5.75. The number of carbonyl (C=O) groups is 1. The van der Waals surface area contributed by atoms with Crippen molar-refractivity contribution in [2.75, 3.05) is 32.8 Å². The van der Waals surface area contributed by atoms with Crippen LogP contribution in [0, 0.1) is 11.8 Å². The fourth-order valence-electron chi connectivity index (χ4n) is 4.28. The Morgan fingerprint density at radius 2 is 2.08 bits per heavy atom. The molecule has 1 aromatic carbocycles. The van der Waals surface area contributed by atoms with E-state index in [9.17, 15) is 4.79 Å². The van der Waals surface area contributed by atoms with Gasteiger partial charge in [0.25, 0.3) is 0 Å². The van der Waals surface area contributed by atoms with Crippen LogP contribution in [-0.4, -0.2) is 54.8 Å². The summed E-state index contributed by atoms with van der Waals surface area (Å²) in [5.74, 6) is 1.16. The summed E-state index contributed by atoms with van der Waals surface area (Å²) in [7, 11) is 0. The maximum Gasteiger partial charge on any atom is 0.248 e. The molecule has 3 aliphatic heterocycles. The van der Waals surface area contributed by atoms with Gasteiger partial charge in [-0.2, -0.15) is 0 Å². The van der Waals surface area contributed by atoms with E-state index in [1.165, 1.54) is 10.6 Å². The van der Waals surface area contributed by atoms with Crippen molar-refractivity contribution in [1.82, 2.24) is 9.96 Å². The van der Waals surface area contributed by atoms with Gasteiger partial charge in [0.1, 0.15) is 0 Å². The first-order valence-electron chi connectivity index (χ1n) is 9.11. The summed E-state index contributed by atoms with van der Waals surface area (Å²) >= 11 is 0. The quantitative estimate of drug-likeness (QED) is 0.848. The van der Waals surface area contributed by atoms with Crippen LogP contribution in [0.4, 0.5) is 0 Å². The van der Waals surface area contributed by atoms with E-state index in [-0.39, 0.29) is 12.0 Å². The standard InChI is InChI=1S/C19H26N2O3/c22-19(21-8-4-10-24-21)11-18-17-7-9-20(13-16(17)14-23-18)12-15-5-2-1-3-6-15/h1-3,5-6,16-18H,4,7-14H2/t16-,17-,18+/m1/s1. The van der Waals surface area contributed by atoms with Crippen molar-refractivity contribution in [1.29, 1.82) is 0 Å². The molecule has 3 heterocycles. The molecule has 0 bridgehead atoms. The fourth-order valence-corrected chi connectivity index (χ4v) is 4.28. The summed E-state index contributed by atoms with van der Waals surface area (Å²) in [5.41, 5.74) is 1.37. The van der Waals surface area contributed by atoms with Crippen LogP contribution in [-0.2, 0) is 20.9 Å². The lowest BCUT2D eigenvalue weighted by Crippen LogP contribution is -2.42. The number of hydrogen-bond acceptors (Lipinski definition) is 4. The molecule has 1 aromatic rings. The molecule has 24 heavy (non-hydrogen) atoms. The van der Waals surface area contributed by atoms with Crippen LogP contribution in [0.5, 0.6) is 0 Å². The number of ether oxygens (including phenoxy) is 1. The highest BCUT2D eigenvalue weighted by Gasteiger charge is 2.42. The Kier molecular flexibility index (Phi) is 4.83. The molecular formula is C19H26N2O3. The van der Waals surface area contributed by atoms with Gasteiger partial charge in [-0.3, -0.25) is 14.5 Å². The second-order valence-corrected chi connectivity index (χ2v) is 7.19. The average Bonchev–Trinajstić information content (AvgIpc) is 3.26. The summed E-state index contributed by atoms with van der Waals surface area (Å²) in [6.07, 6.45) is 2.61. The maximum atomic E-state index is 12.3. The van der Waals surface area contributed by atoms with Crippen molar-refractivity contribution in [2.45, 2.75) is 31.9 Å². The SMILES string of the molecule is O=C(C[C@@H]1OC[C@H]2CN(Cc3ccccc3)CC[C@H]21)N1CCCO1. The number of carbonyl (C=O) groups excluding carboxylic acids is 1. The number of benzene rings is 1. The Morgan fingerprint density at radius 1 is 1.21 bits per heavy atom. The van der Waals surface area contributed by atoms with Crippen LogP contribution in [0.15, 0.2) is 30.3 Å². The van der Waals surface area contributed by atoms with Gasteiger partial charge in [-0.1, -0.05) is 30.3 Å². The van der Waals surface area contributed by atoms with E-state index in [2.05, 4.69) is 35.2 Å².